The van der Waals surface area contributed by atoms with Crippen molar-refractivity contribution in [3.8, 4) is 11.5 Å². The summed E-state index contributed by atoms with van der Waals surface area (Å²) in [6.45, 7) is 2.56. The summed E-state index contributed by atoms with van der Waals surface area (Å²) in [6, 6.07) is 4.84. The first kappa shape index (κ1) is 14.3. The molecule has 1 aromatic carbocycles. The van der Waals surface area contributed by atoms with E-state index in [2.05, 4.69) is 5.32 Å². The van der Waals surface area contributed by atoms with Gasteiger partial charge >= 0.3 is 5.97 Å². The van der Waals surface area contributed by atoms with Gasteiger partial charge < -0.3 is 19.5 Å². The Kier molecular flexibility index (Phi) is 5.45. The summed E-state index contributed by atoms with van der Waals surface area (Å²) in [5.41, 5.74) is 0.700. The molecule has 100 valence electrons. The highest BCUT2D eigenvalue weighted by Gasteiger charge is 2.25. The number of nitrogens with one attached hydrogen (secondary N) is 1. The molecule has 1 N–H and O–H groups in total. The Morgan fingerprint density at radius 2 is 2.00 bits per heavy atom. The lowest BCUT2D eigenvalue weighted by molar-refractivity contribution is -0.143. The third kappa shape index (κ3) is 2.92. The van der Waals surface area contributed by atoms with E-state index in [0.717, 1.165) is 0 Å². The van der Waals surface area contributed by atoms with Crippen molar-refractivity contribution in [2.45, 2.75) is 13.0 Å². The fourth-order valence-corrected chi connectivity index (χ4v) is 1.78. The van der Waals surface area contributed by atoms with E-state index < -0.39 is 6.04 Å². The van der Waals surface area contributed by atoms with Crippen LogP contribution in [0.3, 0.4) is 0 Å². The zero-order chi connectivity index (χ0) is 13.5. The van der Waals surface area contributed by atoms with Crippen molar-refractivity contribution in [3.05, 3.63) is 23.8 Å². The molecule has 0 spiro atoms. The van der Waals surface area contributed by atoms with E-state index in [1.54, 1.807) is 20.3 Å². The molecule has 1 aromatic rings. The molecular formula is C13H19NO4. The molecule has 0 amide bonds. The van der Waals surface area contributed by atoms with E-state index in [9.17, 15) is 4.79 Å². The molecule has 1 rings (SSSR count). The topological polar surface area (TPSA) is 56.8 Å². The average molecular weight is 253 g/mol. The Balaban J connectivity index is 3.22. The lowest BCUT2D eigenvalue weighted by Crippen LogP contribution is -2.29. The number of hydrogen-bond donors (Lipinski definition) is 1. The minimum atomic E-state index is -0.565. The summed E-state index contributed by atoms with van der Waals surface area (Å²) in [5, 5.41) is 3.07. The number of rotatable bonds is 6. The molecule has 5 nitrogen and oxygen atoms in total. The Bertz CT molecular complexity index is 406. The molecule has 5 heteroatoms. The third-order valence-corrected chi connectivity index (χ3v) is 2.59. The van der Waals surface area contributed by atoms with Crippen molar-refractivity contribution < 1.29 is 19.0 Å². The lowest BCUT2D eigenvalue weighted by atomic mass is 10.0. The molecule has 18 heavy (non-hydrogen) atoms. The first-order chi connectivity index (χ1) is 8.69. The van der Waals surface area contributed by atoms with Crippen LogP contribution in [0.2, 0.25) is 0 Å². The zero-order valence-electron chi connectivity index (χ0n) is 11.1. The van der Waals surface area contributed by atoms with Crippen molar-refractivity contribution in [2.24, 2.45) is 0 Å². The van der Waals surface area contributed by atoms with Crippen LogP contribution in [0.1, 0.15) is 18.5 Å². The van der Waals surface area contributed by atoms with Crippen LogP contribution >= 0.6 is 0 Å². The van der Waals surface area contributed by atoms with Crippen LogP contribution < -0.4 is 14.8 Å². The van der Waals surface area contributed by atoms with Gasteiger partial charge in [-0.25, -0.2) is 4.79 Å². The van der Waals surface area contributed by atoms with Gasteiger partial charge in [-0.3, -0.25) is 0 Å². The number of methoxy groups -OCH3 is 3. The van der Waals surface area contributed by atoms with Crippen molar-refractivity contribution in [1.29, 1.82) is 0 Å². The van der Waals surface area contributed by atoms with Gasteiger partial charge in [0, 0.05) is 5.56 Å². The molecular weight excluding hydrogens is 234 g/mol. The van der Waals surface area contributed by atoms with E-state index in [-0.39, 0.29) is 5.97 Å². The Morgan fingerprint density at radius 1 is 1.28 bits per heavy atom. The summed E-state index contributed by atoms with van der Waals surface area (Å²) in [5.74, 6) is 0.765. The third-order valence-electron chi connectivity index (χ3n) is 2.59. The van der Waals surface area contributed by atoms with Crippen LogP contribution in [0, 0.1) is 0 Å². The molecule has 0 aliphatic carbocycles. The molecule has 0 saturated heterocycles. The second-order valence-electron chi connectivity index (χ2n) is 3.60. The van der Waals surface area contributed by atoms with Crippen molar-refractivity contribution in [3.63, 3.8) is 0 Å². The largest absolute Gasteiger partial charge is 0.493 e. The predicted molar refractivity (Wildman–Crippen MR) is 68.0 cm³/mol. The molecule has 0 saturated carbocycles. The van der Waals surface area contributed by atoms with Gasteiger partial charge in [0.1, 0.15) is 6.04 Å². The van der Waals surface area contributed by atoms with Gasteiger partial charge in [0.25, 0.3) is 0 Å². The molecule has 0 bridgehead atoms. The highest BCUT2D eigenvalue weighted by molar-refractivity contribution is 5.79. The fourth-order valence-electron chi connectivity index (χ4n) is 1.78. The van der Waals surface area contributed by atoms with Gasteiger partial charge in [0.15, 0.2) is 11.5 Å². The highest BCUT2D eigenvalue weighted by Crippen LogP contribution is 2.34. The second kappa shape index (κ2) is 6.86. The molecule has 0 aliphatic heterocycles. The van der Waals surface area contributed by atoms with Crippen LogP contribution in [0.4, 0.5) is 0 Å². The SMILES string of the molecule is CCNC(C(=O)OC)c1cccc(OC)c1OC. The Labute approximate surface area is 107 Å². The summed E-state index contributed by atoms with van der Waals surface area (Å²) in [6.07, 6.45) is 0. The standard InChI is InChI=1S/C13H19NO4/c1-5-14-11(13(15)18-4)9-7-6-8-10(16-2)12(9)17-3/h6-8,11,14H,5H2,1-4H3. The van der Waals surface area contributed by atoms with Crippen molar-refractivity contribution >= 4 is 5.97 Å². The molecule has 1 atom stereocenters. The summed E-state index contributed by atoms with van der Waals surface area (Å²) < 4.78 is 15.3. The van der Waals surface area contributed by atoms with Crippen LogP contribution in [0.15, 0.2) is 18.2 Å². The van der Waals surface area contributed by atoms with Gasteiger partial charge in [0.05, 0.1) is 21.3 Å². The fraction of sp³-hybridized carbons (Fsp3) is 0.462. The number of ether oxygens (including phenoxy) is 3. The van der Waals surface area contributed by atoms with E-state index >= 15 is 0 Å². The Morgan fingerprint density at radius 3 is 2.50 bits per heavy atom. The van der Waals surface area contributed by atoms with Crippen molar-refractivity contribution in [1.82, 2.24) is 5.32 Å². The first-order valence-corrected chi connectivity index (χ1v) is 5.71. The minimum Gasteiger partial charge on any atom is -0.493 e. The molecule has 0 fully saturated rings. The number of esters is 1. The summed E-state index contributed by atoms with van der Waals surface area (Å²) in [7, 11) is 4.46. The lowest BCUT2D eigenvalue weighted by Gasteiger charge is -2.19. The molecule has 0 aliphatic rings. The average Bonchev–Trinajstić information content (AvgIpc) is 2.42. The van der Waals surface area contributed by atoms with E-state index in [1.165, 1.54) is 7.11 Å². The molecule has 1 unspecified atom stereocenters. The number of benzene rings is 1. The number of carbonyl (C=O) groups is 1. The number of para-hydroxylation sites is 1. The maximum atomic E-state index is 11.8. The van der Waals surface area contributed by atoms with Gasteiger partial charge in [-0.05, 0) is 12.6 Å². The quantitative estimate of drug-likeness (QED) is 0.779. The molecule has 0 heterocycles. The zero-order valence-corrected chi connectivity index (χ0v) is 11.1. The number of likely N-dealkylation sites (N-methyl/N-ethyl adjacent to an activating group) is 1. The summed E-state index contributed by atoms with van der Waals surface area (Å²) in [4.78, 5) is 11.8. The summed E-state index contributed by atoms with van der Waals surface area (Å²) >= 11 is 0. The first-order valence-electron chi connectivity index (χ1n) is 5.71. The molecule has 0 aromatic heterocycles. The smallest absolute Gasteiger partial charge is 0.327 e. The molecule has 0 radical (unpaired) electrons. The van der Waals surface area contributed by atoms with E-state index in [0.29, 0.717) is 23.6 Å². The van der Waals surface area contributed by atoms with Crippen LogP contribution in [-0.4, -0.2) is 33.8 Å². The monoisotopic (exact) mass is 253 g/mol. The Hall–Kier alpha value is -1.75. The predicted octanol–water partition coefficient (Wildman–Crippen LogP) is 1.53. The van der Waals surface area contributed by atoms with Crippen LogP contribution in [0.5, 0.6) is 11.5 Å². The maximum absolute atomic E-state index is 11.8. The highest BCUT2D eigenvalue weighted by atomic mass is 16.5. The van der Waals surface area contributed by atoms with Crippen LogP contribution in [0.25, 0.3) is 0 Å². The van der Waals surface area contributed by atoms with Crippen LogP contribution in [-0.2, 0) is 9.53 Å². The van der Waals surface area contributed by atoms with Gasteiger partial charge in [-0.2, -0.15) is 0 Å². The minimum absolute atomic E-state index is 0.358. The van der Waals surface area contributed by atoms with Gasteiger partial charge in [0.2, 0.25) is 0 Å². The van der Waals surface area contributed by atoms with Gasteiger partial charge in [-0.15, -0.1) is 0 Å². The van der Waals surface area contributed by atoms with E-state index in [4.69, 9.17) is 14.2 Å². The number of hydrogen-bond acceptors (Lipinski definition) is 5. The maximum Gasteiger partial charge on any atom is 0.327 e. The number of carbonyl (C=O) groups excluding carboxylic acids is 1. The normalized spacial score (nSPS) is 11.8. The van der Waals surface area contributed by atoms with E-state index in [1.807, 2.05) is 19.1 Å². The van der Waals surface area contributed by atoms with Gasteiger partial charge in [-0.1, -0.05) is 19.1 Å². The van der Waals surface area contributed by atoms with Crippen molar-refractivity contribution in [2.75, 3.05) is 27.9 Å². The second-order valence-corrected chi connectivity index (χ2v) is 3.60.